The summed E-state index contributed by atoms with van der Waals surface area (Å²) in [5.41, 5.74) is 11.9. The predicted octanol–water partition coefficient (Wildman–Crippen LogP) is 0.825. The Labute approximate surface area is 80.8 Å². The molecule has 0 aliphatic carbocycles. The van der Waals surface area contributed by atoms with Gasteiger partial charge in [-0.3, -0.25) is 0 Å². The normalized spacial score (nSPS) is 10.3. The van der Waals surface area contributed by atoms with E-state index in [-0.39, 0.29) is 5.95 Å². The van der Waals surface area contributed by atoms with E-state index in [0.29, 0.717) is 12.2 Å². The minimum atomic E-state index is 0.186. The Morgan fingerprint density at radius 2 is 2.21 bits per heavy atom. The van der Waals surface area contributed by atoms with E-state index in [2.05, 4.69) is 9.97 Å². The number of rotatable bonds is 2. The number of furan rings is 1. The molecule has 0 amide bonds. The zero-order valence-electron chi connectivity index (χ0n) is 7.47. The molecule has 0 spiro atoms. The summed E-state index contributed by atoms with van der Waals surface area (Å²) in [5.74, 6) is 1.41. The highest BCUT2D eigenvalue weighted by Crippen LogP contribution is 2.14. The van der Waals surface area contributed by atoms with Crippen molar-refractivity contribution in [3.63, 3.8) is 0 Å². The first kappa shape index (κ1) is 8.55. The zero-order valence-corrected chi connectivity index (χ0v) is 7.47. The van der Waals surface area contributed by atoms with Gasteiger partial charge in [-0.2, -0.15) is 4.98 Å². The first-order chi connectivity index (χ1) is 6.75. The van der Waals surface area contributed by atoms with E-state index in [1.54, 1.807) is 12.5 Å². The van der Waals surface area contributed by atoms with Crippen LogP contribution in [0.5, 0.6) is 0 Å². The Hall–Kier alpha value is -2.04. The van der Waals surface area contributed by atoms with E-state index in [4.69, 9.17) is 15.9 Å². The van der Waals surface area contributed by atoms with Gasteiger partial charge in [0.25, 0.3) is 0 Å². The van der Waals surface area contributed by atoms with E-state index in [9.17, 15) is 0 Å². The number of hydrogen-bond acceptors (Lipinski definition) is 5. The summed E-state index contributed by atoms with van der Waals surface area (Å²) in [6.45, 7) is 0. The minimum absolute atomic E-state index is 0.186. The summed E-state index contributed by atoms with van der Waals surface area (Å²) < 4.78 is 5.18. The third-order valence-corrected chi connectivity index (χ3v) is 1.86. The second kappa shape index (κ2) is 3.37. The van der Waals surface area contributed by atoms with Gasteiger partial charge in [0.15, 0.2) is 0 Å². The molecule has 2 rings (SSSR count). The van der Waals surface area contributed by atoms with Crippen molar-refractivity contribution in [2.75, 3.05) is 11.5 Å². The molecule has 2 aromatic rings. The van der Waals surface area contributed by atoms with Crippen LogP contribution in [0.2, 0.25) is 0 Å². The largest absolute Gasteiger partial charge is 0.469 e. The fourth-order valence-corrected chi connectivity index (χ4v) is 1.17. The molecule has 0 saturated heterocycles. The second-order valence-electron chi connectivity index (χ2n) is 2.89. The van der Waals surface area contributed by atoms with Crippen LogP contribution in [0, 0.1) is 0 Å². The Morgan fingerprint density at radius 1 is 1.36 bits per heavy atom. The first-order valence-electron chi connectivity index (χ1n) is 4.15. The molecule has 5 heteroatoms. The van der Waals surface area contributed by atoms with Gasteiger partial charge >= 0.3 is 0 Å². The summed E-state index contributed by atoms with van der Waals surface area (Å²) in [6, 6.07) is 3.69. The van der Waals surface area contributed by atoms with Gasteiger partial charge in [-0.15, -0.1) is 0 Å². The first-order valence-corrected chi connectivity index (χ1v) is 4.15. The highest BCUT2D eigenvalue weighted by atomic mass is 16.3. The number of nitrogens with zero attached hydrogens (tertiary/aromatic N) is 2. The summed E-state index contributed by atoms with van der Waals surface area (Å²) in [6.07, 6.45) is 3.81. The second-order valence-corrected chi connectivity index (χ2v) is 2.89. The van der Waals surface area contributed by atoms with Crippen LogP contribution in [0.1, 0.15) is 11.3 Å². The monoisotopic (exact) mass is 190 g/mol. The quantitative estimate of drug-likeness (QED) is 0.731. The van der Waals surface area contributed by atoms with Crippen LogP contribution in [0.25, 0.3) is 0 Å². The molecule has 14 heavy (non-hydrogen) atoms. The molecule has 0 aromatic carbocycles. The Balaban J connectivity index is 2.25. The number of anilines is 2. The molecule has 0 atom stereocenters. The van der Waals surface area contributed by atoms with E-state index < -0.39 is 0 Å². The number of aromatic nitrogens is 2. The molecule has 0 radical (unpaired) electrons. The number of hydrogen-bond donors (Lipinski definition) is 2. The molecule has 0 bridgehead atoms. The topological polar surface area (TPSA) is 91.0 Å². The molecule has 5 nitrogen and oxygen atoms in total. The van der Waals surface area contributed by atoms with E-state index in [0.717, 1.165) is 11.3 Å². The molecule has 0 saturated carbocycles. The lowest BCUT2D eigenvalue weighted by atomic mass is 10.2. The van der Waals surface area contributed by atoms with Gasteiger partial charge in [-0.1, -0.05) is 0 Å². The zero-order chi connectivity index (χ0) is 9.97. The summed E-state index contributed by atoms with van der Waals surface area (Å²) in [4.78, 5) is 7.72. The Bertz CT molecular complexity index is 424. The van der Waals surface area contributed by atoms with Crippen LogP contribution in [-0.2, 0) is 6.42 Å². The van der Waals surface area contributed by atoms with Crippen LogP contribution in [0.3, 0.4) is 0 Å². The Kier molecular flexibility index (Phi) is 2.06. The van der Waals surface area contributed by atoms with Gasteiger partial charge < -0.3 is 15.9 Å². The molecule has 0 unspecified atom stereocenters. The lowest BCUT2D eigenvalue weighted by Crippen LogP contribution is -2.03. The van der Waals surface area contributed by atoms with Crippen molar-refractivity contribution in [3.8, 4) is 0 Å². The van der Waals surface area contributed by atoms with E-state index >= 15 is 0 Å². The van der Waals surface area contributed by atoms with Crippen molar-refractivity contribution in [2.45, 2.75) is 6.42 Å². The van der Waals surface area contributed by atoms with Crippen molar-refractivity contribution in [3.05, 3.63) is 35.9 Å². The van der Waals surface area contributed by atoms with Crippen molar-refractivity contribution in [1.82, 2.24) is 9.97 Å². The third-order valence-electron chi connectivity index (χ3n) is 1.86. The summed E-state index contributed by atoms with van der Waals surface area (Å²) in [7, 11) is 0. The molecule has 0 fully saturated rings. The van der Waals surface area contributed by atoms with Gasteiger partial charge in [0, 0.05) is 18.2 Å². The number of nitrogens with two attached hydrogens (primary N) is 2. The van der Waals surface area contributed by atoms with Crippen LogP contribution in [-0.4, -0.2) is 9.97 Å². The van der Waals surface area contributed by atoms with Gasteiger partial charge in [0.2, 0.25) is 5.95 Å². The molecule has 72 valence electrons. The standard InChI is InChI=1S/C9H10N4O/c10-8-6(5-12-9(11)13-8)4-7-2-1-3-14-7/h1-3,5H,4H2,(H4,10,11,12,13). The average Bonchev–Trinajstić information content (AvgIpc) is 2.62. The van der Waals surface area contributed by atoms with Crippen molar-refractivity contribution in [1.29, 1.82) is 0 Å². The summed E-state index contributed by atoms with van der Waals surface area (Å²) in [5, 5.41) is 0. The highest BCUT2D eigenvalue weighted by molar-refractivity contribution is 5.42. The average molecular weight is 190 g/mol. The lowest BCUT2D eigenvalue weighted by molar-refractivity contribution is 0.520. The van der Waals surface area contributed by atoms with Crippen LogP contribution in [0.4, 0.5) is 11.8 Å². The smallest absolute Gasteiger partial charge is 0.221 e. The molecule has 2 aromatic heterocycles. The lowest BCUT2D eigenvalue weighted by Gasteiger charge is -2.02. The maximum atomic E-state index is 5.67. The molecular weight excluding hydrogens is 180 g/mol. The molecule has 0 aliphatic rings. The van der Waals surface area contributed by atoms with Crippen molar-refractivity contribution >= 4 is 11.8 Å². The predicted molar refractivity (Wildman–Crippen MR) is 52.4 cm³/mol. The van der Waals surface area contributed by atoms with Crippen LogP contribution < -0.4 is 11.5 Å². The molecule has 4 N–H and O–H groups in total. The van der Waals surface area contributed by atoms with E-state index in [1.807, 2.05) is 12.1 Å². The molecule has 2 heterocycles. The van der Waals surface area contributed by atoms with Crippen LogP contribution in [0.15, 0.2) is 29.0 Å². The van der Waals surface area contributed by atoms with Crippen molar-refractivity contribution < 1.29 is 4.42 Å². The molecular formula is C9H10N4O. The van der Waals surface area contributed by atoms with Gasteiger partial charge in [0.1, 0.15) is 11.6 Å². The summed E-state index contributed by atoms with van der Waals surface area (Å²) >= 11 is 0. The van der Waals surface area contributed by atoms with Crippen molar-refractivity contribution in [2.24, 2.45) is 0 Å². The maximum Gasteiger partial charge on any atom is 0.221 e. The minimum Gasteiger partial charge on any atom is -0.469 e. The van der Waals surface area contributed by atoms with E-state index in [1.165, 1.54) is 0 Å². The third kappa shape index (κ3) is 1.66. The SMILES string of the molecule is Nc1ncc(Cc2ccco2)c(N)n1. The maximum absolute atomic E-state index is 5.67. The Morgan fingerprint density at radius 3 is 2.86 bits per heavy atom. The fourth-order valence-electron chi connectivity index (χ4n) is 1.17. The van der Waals surface area contributed by atoms with Crippen LogP contribution >= 0.6 is 0 Å². The number of nitrogen functional groups attached to an aromatic ring is 2. The van der Waals surface area contributed by atoms with Gasteiger partial charge in [-0.05, 0) is 12.1 Å². The molecule has 0 aliphatic heterocycles. The highest BCUT2D eigenvalue weighted by Gasteiger charge is 2.04. The van der Waals surface area contributed by atoms with Gasteiger partial charge in [-0.25, -0.2) is 4.98 Å². The van der Waals surface area contributed by atoms with Gasteiger partial charge in [0.05, 0.1) is 6.26 Å². The fraction of sp³-hybridized carbons (Fsp3) is 0.111.